The Hall–Kier alpha value is -1.92. The molecule has 1 aromatic heterocycles. The Morgan fingerprint density at radius 2 is 2.08 bits per heavy atom. The molecule has 0 radical (unpaired) electrons. The highest BCUT2D eigenvalue weighted by Gasteiger charge is 2.33. The summed E-state index contributed by atoms with van der Waals surface area (Å²) in [6.07, 6.45) is 0.754. The Kier molecular flexibility index (Phi) is 5.39. The Labute approximate surface area is 155 Å². The molecule has 2 atom stereocenters. The van der Waals surface area contributed by atoms with Gasteiger partial charge < -0.3 is 10.0 Å². The maximum Gasteiger partial charge on any atom is 0.306 e. The van der Waals surface area contributed by atoms with E-state index in [9.17, 15) is 14.7 Å². The molecule has 3 rings (SSSR count). The third-order valence-electron chi connectivity index (χ3n) is 4.55. The summed E-state index contributed by atoms with van der Waals surface area (Å²) < 4.78 is 0. The van der Waals surface area contributed by atoms with Crippen LogP contribution in [-0.2, 0) is 16.0 Å². The standard InChI is InChI=1S/C18H19ClN2O3S/c1-11-9-21(7-6-15(11)18(23)24)16(22)8-14-10-25-17(20-14)12-2-4-13(19)5-3-12/h2-5,10-11,15H,6-9H2,1H3,(H,23,24). The van der Waals surface area contributed by atoms with Crippen molar-refractivity contribution in [3.63, 3.8) is 0 Å². The third kappa shape index (κ3) is 4.19. The Balaban J connectivity index is 1.62. The fourth-order valence-electron chi connectivity index (χ4n) is 3.12. The molecule has 0 bridgehead atoms. The second kappa shape index (κ2) is 7.54. The van der Waals surface area contributed by atoms with Crippen LogP contribution < -0.4 is 0 Å². The number of carbonyl (C=O) groups excluding carboxylic acids is 1. The van der Waals surface area contributed by atoms with Crippen LogP contribution in [0, 0.1) is 11.8 Å². The van der Waals surface area contributed by atoms with Gasteiger partial charge in [0.25, 0.3) is 0 Å². The second-order valence-electron chi connectivity index (χ2n) is 6.38. The van der Waals surface area contributed by atoms with Crippen molar-refractivity contribution in [1.29, 1.82) is 0 Å². The van der Waals surface area contributed by atoms with Crippen molar-refractivity contribution in [1.82, 2.24) is 9.88 Å². The molecule has 2 aromatic rings. The molecular formula is C18H19ClN2O3S. The van der Waals surface area contributed by atoms with Crippen LogP contribution in [-0.4, -0.2) is 40.0 Å². The summed E-state index contributed by atoms with van der Waals surface area (Å²) in [4.78, 5) is 30.0. The number of carboxylic acids is 1. The zero-order chi connectivity index (χ0) is 18.0. The molecule has 0 spiro atoms. The van der Waals surface area contributed by atoms with Gasteiger partial charge in [0.1, 0.15) is 5.01 Å². The van der Waals surface area contributed by atoms with Gasteiger partial charge in [-0.25, -0.2) is 4.98 Å². The highest BCUT2D eigenvalue weighted by atomic mass is 35.5. The molecule has 1 aromatic carbocycles. The summed E-state index contributed by atoms with van der Waals surface area (Å²) in [6, 6.07) is 7.45. The number of carboxylic acid groups (broad SMARTS) is 1. The van der Waals surface area contributed by atoms with Crippen molar-refractivity contribution in [2.75, 3.05) is 13.1 Å². The van der Waals surface area contributed by atoms with Crippen molar-refractivity contribution in [3.05, 3.63) is 40.4 Å². The Morgan fingerprint density at radius 1 is 1.36 bits per heavy atom. The first kappa shape index (κ1) is 17.9. The van der Waals surface area contributed by atoms with E-state index < -0.39 is 5.97 Å². The molecule has 1 aliphatic heterocycles. The fraction of sp³-hybridized carbons (Fsp3) is 0.389. The lowest BCUT2D eigenvalue weighted by atomic mass is 9.87. The van der Waals surface area contributed by atoms with Crippen molar-refractivity contribution in [3.8, 4) is 10.6 Å². The maximum atomic E-state index is 12.5. The molecular weight excluding hydrogens is 360 g/mol. The number of hydrogen-bond acceptors (Lipinski definition) is 4. The van der Waals surface area contributed by atoms with Gasteiger partial charge >= 0.3 is 5.97 Å². The van der Waals surface area contributed by atoms with E-state index in [-0.39, 0.29) is 24.2 Å². The molecule has 0 aliphatic carbocycles. The van der Waals surface area contributed by atoms with Crippen molar-refractivity contribution in [2.45, 2.75) is 19.8 Å². The van der Waals surface area contributed by atoms with E-state index in [1.54, 1.807) is 4.90 Å². The number of benzene rings is 1. The third-order valence-corrected chi connectivity index (χ3v) is 5.74. The molecule has 25 heavy (non-hydrogen) atoms. The quantitative estimate of drug-likeness (QED) is 0.882. The van der Waals surface area contributed by atoms with Gasteiger partial charge in [0, 0.05) is 29.1 Å². The second-order valence-corrected chi connectivity index (χ2v) is 7.67. The number of likely N-dealkylation sites (tertiary alicyclic amines) is 1. The van der Waals surface area contributed by atoms with Gasteiger partial charge in [-0.2, -0.15) is 0 Å². The number of thiazole rings is 1. The van der Waals surface area contributed by atoms with E-state index in [0.29, 0.717) is 24.5 Å². The van der Waals surface area contributed by atoms with Crippen molar-refractivity contribution in [2.24, 2.45) is 11.8 Å². The molecule has 1 amide bonds. The molecule has 1 N–H and O–H groups in total. The lowest BCUT2D eigenvalue weighted by molar-refractivity contribution is -0.148. The fourth-order valence-corrected chi connectivity index (χ4v) is 4.07. The Morgan fingerprint density at radius 3 is 2.72 bits per heavy atom. The van der Waals surface area contributed by atoms with E-state index in [0.717, 1.165) is 16.3 Å². The predicted octanol–water partition coefficient (Wildman–Crippen LogP) is 3.58. The van der Waals surface area contributed by atoms with Gasteiger partial charge in [-0.15, -0.1) is 11.3 Å². The van der Waals surface area contributed by atoms with Gasteiger partial charge in [0.2, 0.25) is 5.91 Å². The van der Waals surface area contributed by atoms with Gasteiger partial charge in [-0.1, -0.05) is 30.7 Å². The summed E-state index contributed by atoms with van der Waals surface area (Å²) in [5.41, 5.74) is 1.72. The number of amides is 1. The molecule has 0 saturated carbocycles. The number of carbonyl (C=O) groups is 2. The van der Waals surface area contributed by atoms with E-state index in [4.69, 9.17) is 11.6 Å². The summed E-state index contributed by atoms with van der Waals surface area (Å²) in [7, 11) is 0. The number of nitrogens with zero attached hydrogens (tertiary/aromatic N) is 2. The zero-order valence-electron chi connectivity index (χ0n) is 13.8. The number of aliphatic carboxylic acids is 1. The minimum absolute atomic E-state index is 0.00337. The molecule has 132 valence electrons. The number of rotatable bonds is 4. The minimum atomic E-state index is -0.772. The van der Waals surface area contributed by atoms with Crippen LogP contribution in [0.25, 0.3) is 10.6 Å². The van der Waals surface area contributed by atoms with E-state index in [2.05, 4.69) is 4.98 Å². The number of piperidine rings is 1. The molecule has 1 fully saturated rings. The maximum absolute atomic E-state index is 12.5. The summed E-state index contributed by atoms with van der Waals surface area (Å²) in [5.74, 6) is -1.16. The molecule has 2 heterocycles. The first-order chi connectivity index (χ1) is 11.9. The van der Waals surface area contributed by atoms with Crippen LogP contribution in [0.1, 0.15) is 19.0 Å². The smallest absolute Gasteiger partial charge is 0.306 e. The van der Waals surface area contributed by atoms with Crippen LogP contribution >= 0.6 is 22.9 Å². The zero-order valence-corrected chi connectivity index (χ0v) is 15.4. The van der Waals surface area contributed by atoms with Crippen LogP contribution in [0.3, 0.4) is 0 Å². The van der Waals surface area contributed by atoms with E-state index in [1.165, 1.54) is 11.3 Å². The average Bonchev–Trinajstić information content (AvgIpc) is 3.03. The molecule has 1 aliphatic rings. The summed E-state index contributed by atoms with van der Waals surface area (Å²) in [5, 5.41) is 12.6. The molecule has 1 saturated heterocycles. The normalized spacial score (nSPS) is 20.5. The highest BCUT2D eigenvalue weighted by molar-refractivity contribution is 7.13. The van der Waals surface area contributed by atoms with E-state index >= 15 is 0 Å². The van der Waals surface area contributed by atoms with E-state index in [1.807, 2.05) is 36.6 Å². The lowest BCUT2D eigenvalue weighted by Gasteiger charge is -2.34. The monoisotopic (exact) mass is 378 g/mol. The van der Waals surface area contributed by atoms with Crippen LogP contribution in [0.2, 0.25) is 5.02 Å². The van der Waals surface area contributed by atoms with Gasteiger partial charge in [0.05, 0.1) is 18.0 Å². The SMILES string of the molecule is CC1CN(C(=O)Cc2csc(-c3ccc(Cl)cc3)n2)CCC1C(=O)O. The van der Waals surface area contributed by atoms with Crippen LogP contribution in [0.4, 0.5) is 0 Å². The van der Waals surface area contributed by atoms with Crippen molar-refractivity contribution >= 4 is 34.8 Å². The molecule has 7 heteroatoms. The Bertz CT molecular complexity index is 775. The van der Waals surface area contributed by atoms with Gasteiger partial charge in [-0.3, -0.25) is 9.59 Å². The highest BCUT2D eigenvalue weighted by Crippen LogP contribution is 2.27. The molecule has 5 nitrogen and oxygen atoms in total. The predicted molar refractivity (Wildman–Crippen MR) is 97.8 cm³/mol. The number of aromatic nitrogens is 1. The van der Waals surface area contributed by atoms with Crippen LogP contribution in [0.5, 0.6) is 0 Å². The number of halogens is 1. The van der Waals surface area contributed by atoms with Gasteiger partial charge in [0.15, 0.2) is 0 Å². The summed E-state index contributed by atoms with van der Waals surface area (Å²) >= 11 is 7.40. The van der Waals surface area contributed by atoms with Crippen molar-refractivity contribution < 1.29 is 14.7 Å². The average molecular weight is 379 g/mol. The number of hydrogen-bond donors (Lipinski definition) is 1. The largest absolute Gasteiger partial charge is 0.481 e. The van der Waals surface area contributed by atoms with Crippen LogP contribution in [0.15, 0.2) is 29.6 Å². The topological polar surface area (TPSA) is 70.5 Å². The van der Waals surface area contributed by atoms with Gasteiger partial charge in [-0.05, 0) is 24.5 Å². The lowest BCUT2D eigenvalue weighted by Crippen LogP contribution is -2.45. The first-order valence-electron chi connectivity index (χ1n) is 8.15. The summed E-state index contributed by atoms with van der Waals surface area (Å²) in [6.45, 7) is 2.87. The first-order valence-corrected chi connectivity index (χ1v) is 9.40. The molecule has 2 unspecified atom stereocenters. The minimum Gasteiger partial charge on any atom is -0.481 e.